The molecule has 7 heteroatoms. The molecule has 0 bridgehead atoms. The third-order valence-corrected chi connectivity index (χ3v) is 4.38. The third kappa shape index (κ3) is 3.40. The summed E-state index contributed by atoms with van der Waals surface area (Å²) in [6.45, 7) is 0. The number of ether oxygens (including phenoxy) is 1. The van der Waals surface area contributed by atoms with Crippen molar-refractivity contribution >= 4 is 33.3 Å². The molecule has 0 aliphatic heterocycles. The lowest BCUT2D eigenvalue weighted by molar-refractivity contribution is -0.142. The van der Waals surface area contributed by atoms with Gasteiger partial charge in [0.25, 0.3) is 5.91 Å². The number of aromatic nitrogens is 2. The minimum absolute atomic E-state index is 0.291. The number of aromatic amines is 1. The molecule has 3 rings (SSSR count). The summed E-state index contributed by atoms with van der Waals surface area (Å²) in [6.07, 6.45) is 3.43. The first-order chi connectivity index (χ1) is 11.2. The van der Waals surface area contributed by atoms with Gasteiger partial charge in [-0.1, -0.05) is 0 Å². The summed E-state index contributed by atoms with van der Waals surface area (Å²) in [7, 11) is 1.30. The number of carbonyl (C=O) groups is 2. The highest BCUT2D eigenvalue weighted by molar-refractivity contribution is 7.17. The Morgan fingerprint density at radius 2 is 2.26 bits per heavy atom. The molecule has 6 nitrogen and oxygen atoms in total. The molecule has 1 atom stereocenters. The van der Waals surface area contributed by atoms with Gasteiger partial charge in [0.15, 0.2) is 0 Å². The Bertz CT molecular complexity index is 826. The summed E-state index contributed by atoms with van der Waals surface area (Å²) < 4.78 is 5.88. The average molecular weight is 329 g/mol. The molecular weight excluding hydrogens is 314 g/mol. The van der Waals surface area contributed by atoms with Crippen LogP contribution in [-0.4, -0.2) is 35.0 Å². The van der Waals surface area contributed by atoms with Gasteiger partial charge in [0.1, 0.15) is 6.04 Å². The van der Waals surface area contributed by atoms with E-state index in [9.17, 15) is 9.59 Å². The highest BCUT2D eigenvalue weighted by Crippen LogP contribution is 2.21. The summed E-state index contributed by atoms with van der Waals surface area (Å²) >= 11 is 1.62. The van der Waals surface area contributed by atoms with Gasteiger partial charge in [0.2, 0.25) is 0 Å². The van der Waals surface area contributed by atoms with Gasteiger partial charge in [-0.15, -0.1) is 11.3 Å². The van der Waals surface area contributed by atoms with Crippen molar-refractivity contribution in [1.82, 2.24) is 15.3 Å². The summed E-state index contributed by atoms with van der Waals surface area (Å²) in [6, 6.07) is 6.65. The predicted octanol–water partition coefficient (Wildman–Crippen LogP) is 2.14. The number of methoxy groups -OCH3 is 1. The van der Waals surface area contributed by atoms with Gasteiger partial charge in [-0.05, 0) is 35.0 Å². The van der Waals surface area contributed by atoms with Crippen LogP contribution in [-0.2, 0) is 16.0 Å². The van der Waals surface area contributed by atoms with E-state index in [-0.39, 0.29) is 5.91 Å². The number of fused-ring (bicyclic) bond motifs is 1. The number of imidazole rings is 1. The fourth-order valence-corrected chi connectivity index (χ4v) is 3.07. The first-order valence-corrected chi connectivity index (χ1v) is 7.88. The minimum Gasteiger partial charge on any atom is -0.467 e. The number of benzene rings is 1. The SMILES string of the molecule is COC(=O)C(Cc1cnc[nH]1)NC(=O)c1ccc2sccc2c1. The quantitative estimate of drug-likeness (QED) is 0.703. The molecule has 2 N–H and O–H groups in total. The van der Waals surface area contributed by atoms with Crippen LogP contribution in [0.15, 0.2) is 42.2 Å². The van der Waals surface area contributed by atoms with E-state index in [1.54, 1.807) is 23.6 Å². The van der Waals surface area contributed by atoms with Crippen molar-refractivity contribution < 1.29 is 14.3 Å². The van der Waals surface area contributed by atoms with Gasteiger partial charge >= 0.3 is 5.97 Å². The fraction of sp³-hybridized carbons (Fsp3) is 0.188. The van der Waals surface area contributed by atoms with Gasteiger partial charge < -0.3 is 15.0 Å². The molecule has 0 saturated heterocycles. The predicted molar refractivity (Wildman–Crippen MR) is 87.4 cm³/mol. The van der Waals surface area contributed by atoms with Crippen molar-refractivity contribution in [2.45, 2.75) is 12.5 Å². The van der Waals surface area contributed by atoms with Crippen LogP contribution >= 0.6 is 11.3 Å². The number of esters is 1. The Hall–Kier alpha value is -2.67. The second kappa shape index (κ2) is 6.62. The van der Waals surface area contributed by atoms with Crippen LogP contribution < -0.4 is 5.32 Å². The van der Waals surface area contributed by atoms with Gasteiger partial charge in [-0.2, -0.15) is 0 Å². The van der Waals surface area contributed by atoms with Gasteiger partial charge in [-0.3, -0.25) is 4.79 Å². The van der Waals surface area contributed by atoms with Crippen molar-refractivity contribution in [3.8, 4) is 0 Å². The lowest BCUT2D eigenvalue weighted by Gasteiger charge is -2.15. The Kier molecular flexibility index (Phi) is 4.38. The average Bonchev–Trinajstić information content (AvgIpc) is 3.23. The van der Waals surface area contributed by atoms with Crippen LogP contribution in [0.1, 0.15) is 16.1 Å². The van der Waals surface area contributed by atoms with E-state index >= 15 is 0 Å². The summed E-state index contributed by atoms with van der Waals surface area (Å²) in [5.74, 6) is -0.808. The van der Waals surface area contributed by atoms with Crippen molar-refractivity contribution in [2.75, 3.05) is 7.11 Å². The second-order valence-corrected chi connectivity index (χ2v) is 5.95. The summed E-state index contributed by atoms with van der Waals surface area (Å²) in [5.41, 5.74) is 1.25. The first kappa shape index (κ1) is 15.2. The maximum atomic E-state index is 12.4. The molecule has 23 heavy (non-hydrogen) atoms. The number of H-pyrrole nitrogens is 1. The Morgan fingerprint density at radius 3 is 3.00 bits per heavy atom. The van der Waals surface area contributed by atoms with E-state index in [0.717, 1.165) is 15.8 Å². The Balaban J connectivity index is 1.77. The zero-order chi connectivity index (χ0) is 16.2. The largest absolute Gasteiger partial charge is 0.467 e. The van der Waals surface area contributed by atoms with Crippen LogP contribution in [0.25, 0.3) is 10.1 Å². The van der Waals surface area contributed by atoms with Crippen LogP contribution in [0.3, 0.4) is 0 Å². The highest BCUT2D eigenvalue weighted by Gasteiger charge is 2.23. The molecule has 0 radical (unpaired) electrons. The van der Waals surface area contributed by atoms with Gasteiger partial charge in [0, 0.05) is 28.6 Å². The summed E-state index contributed by atoms with van der Waals surface area (Å²) in [5, 5.41) is 5.70. The van der Waals surface area contributed by atoms with Crippen LogP contribution in [0, 0.1) is 0 Å². The van der Waals surface area contributed by atoms with Crippen LogP contribution in [0.2, 0.25) is 0 Å². The maximum Gasteiger partial charge on any atom is 0.328 e. The lowest BCUT2D eigenvalue weighted by atomic mass is 10.1. The smallest absolute Gasteiger partial charge is 0.328 e. The number of rotatable bonds is 5. The number of carbonyl (C=O) groups excluding carboxylic acids is 2. The van der Waals surface area contributed by atoms with E-state index in [4.69, 9.17) is 4.74 Å². The summed E-state index contributed by atoms with van der Waals surface area (Å²) in [4.78, 5) is 31.2. The van der Waals surface area contributed by atoms with E-state index in [0.29, 0.717) is 12.0 Å². The first-order valence-electron chi connectivity index (χ1n) is 7.00. The molecule has 0 fully saturated rings. The molecule has 1 amide bonds. The van der Waals surface area contributed by atoms with E-state index in [2.05, 4.69) is 15.3 Å². The normalized spacial score (nSPS) is 12.0. The number of nitrogens with one attached hydrogen (secondary N) is 2. The second-order valence-electron chi connectivity index (χ2n) is 5.00. The zero-order valence-electron chi connectivity index (χ0n) is 12.4. The van der Waals surface area contributed by atoms with Gasteiger partial charge in [0.05, 0.1) is 13.4 Å². The van der Waals surface area contributed by atoms with Crippen LogP contribution in [0.4, 0.5) is 0 Å². The lowest BCUT2D eigenvalue weighted by Crippen LogP contribution is -2.43. The maximum absolute atomic E-state index is 12.4. The molecule has 1 aromatic carbocycles. The number of hydrogen-bond donors (Lipinski definition) is 2. The molecule has 118 valence electrons. The zero-order valence-corrected chi connectivity index (χ0v) is 13.2. The Labute approximate surface area is 136 Å². The molecule has 0 aliphatic carbocycles. The molecule has 0 aliphatic rings. The highest BCUT2D eigenvalue weighted by atomic mass is 32.1. The molecule has 1 unspecified atom stereocenters. The third-order valence-electron chi connectivity index (χ3n) is 3.48. The van der Waals surface area contributed by atoms with E-state index in [1.807, 2.05) is 23.6 Å². The topological polar surface area (TPSA) is 84.1 Å². The minimum atomic E-state index is -0.772. The number of nitrogens with zero attached hydrogens (tertiary/aromatic N) is 1. The molecule has 0 spiro atoms. The standard InChI is InChI=1S/C16H15N3O3S/c1-22-16(21)13(7-12-8-17-9-18-12)19-15(20)11-2-3-14-10(6-11)4-5-23-14/h2-6,8-9,13H,7H2,1H3,(H,17,18)(H,19,20). The molecule has 3 aromatic rings. The molecule has 0 saturated carbocycles. The van der Waals surface area contributed by atoms with Crippen molar-refractivity contribution in [2.24, 2.45) is 0 Å². The van der Waals surface area contributed by atoms with Crippen molar-refractivity contribution in [1.29, 1.82) is 0 Å². The fourth-order valence-electron chi connectivity index (χ4n) is 2.30. The molecule has 2 aromatic heterocycles. The number of hydrogen-bond acceptors (Lipinski definition) is 5. The van der Waals surface area contributed by atoms with Crippen molar-refractivity contribution in [3.05, 3.63) is 53.4 Å². The van der Waals surface area contributed by atoms with Gasteiger partial charge in [-0.25, -0.2) is 9.78 Å². The monoisotopic (exact) mass is 329 g/mol. The number of amides is 1. The molecular formula is C16H15N3O3S. The number of thiophene rings is 1. The van der Waals surface area contributed by atoms with E-state index in [1.165, 1.54) is 13.4 Å². The van der Waals surface area contributed by atoms with Crippen LogP contribution in [0.5, 0.6) is 0 Å². The van der Waals surface area contributed by atoms with Crippen molar-refractivity contribution in [3.63, 3.8) is 0 Å². The molecule has 2 heterocycles. The van der Waals surface area contributed by atoms with E-state index < -0.39 is 12.0 Å². The Morgan fingerprint density at radius 1 is 1.39 bits per heavy atom.